The minimum Gasteiger partial charge on any atom is -0.349 e. The molecule has 0 unspecified atom stereocenters. The van der Waals surface area contributed by atoms with E-state index in [0.717, 1.165) is 17.8 Å². The molecule has 170 valence electrons. The average Bonchev–Trinajstić information content (AvgIpc) is 3.43. The number of hydrogen-bond acceptors (Lipinski definition) is 3. The third-order valence-electron chi connectivity index (χ3n) is 5.53. The van der Waals surface area contributed by atoms with E-state index < -0.39 is 0 Å². The van der Waals surface area contributed by atoms with E-state index in [9.17, 15) is 9.18 Å². The lowest BCUT2D eigenvalue weighted by Crippen LogP contribution is -2.37. The fourth-order valence-corrected chi connectivity index (χ4v) is 3.70. The molecule has 0 atom stereocenters. The normalized spacial score (nSPS) is 11.2. The highest BCUT2D eigenvalue weighted by molar-refractivity contribution is 5.94. The molecule has 6 nitrogen and oxygen atoms in total. The third-order valence-corrected chi connectivity index (χ3v) is 5.53. The molecule has 2 aromatic carbocycles. The summed E-state index contributed by atoms with van der Waals surface area (Å²) >= 11 is 0. The van der Waals surface area contributed by atoms with Crippen molar-refractivity contribution < 1.29 is 9.18 Å². The molecule has 0 aliphatic carbocycles. The summed E-state index contributed by atoms with van der Waals surface area (Å²) in [6.45, 7) is 1.78. The second kappa shape index (κ2) is 9.83. The number of amides is 1. The minimum atomic E-state index is -0.335. The van der Waals surface area contributed by atoms with Gasteiger partial charge in [0.1, 0.15) is 17.2 Å². The number of likely N-dealkylation sites (N-methyl/N-ethyl adjacent to an activating group) is 1. The van der Waals surface area contributed by atoms with Gasteiger partial charge in [-0.1, -0.05) is 30.3 Å². The molecule has 0 bridgehead atoms. The van der Waals surface area contributed by atoms with Crippen molar-refractivity contribution in [2.24, 2.45) is 7.05 Å². The first-order valence-electron chi connectivity index (χ1n) is 10.9. The highest BCUT2D eigenvalue weighted by Gasteiger charge is 2.24. The fourth-order valence-electron chi connectivity index (χ4n) is 3.70. The zero-order valence-electron chi connectivity index (χ0n) is 19.1. The topological polar surface area (TPSA) is 46.3 Å². The van der Waals surface area contributed by atoms with Crippen molar-refractivity contribution in [3.63, 3.8) is 0 Å². The first-order valence-corrected chi connectivity index (χ1v) is 10.9. The van der Waals surface area contributed by atoms with E-state index in [0.29, 0.717) is 30.2 Å². The Morgan fingerprint density at radius 3 is 2.33 bits per heavy atom. The molecule has 4 rings (SSSR count). The van der Waals surface area contributed by atoms with Gasteiger partial charge in [-0.05, 0) is 62.1 Å². The maximum Gasteiger partial charge on any atom is 0.272 e. The van der Waals surface area contributed by atoms with Gasteiger partial charge in [0.15, 0.2) is 0 Å². The number of benzene rings is 2. The lowest BCUT2D eigenvalue weighted by molar-refractivity contribution is 0.0722. The lowest BCUT2D eigenvalue weighted by Gasteiger charge is -2.25. The Labute approximate surface area is 193 Å². The Kier molecular flexibility index (Phi) is 6.70. The predicted molar refractivity (Wildman–Crippen MR) is 128 cm³/mol. The Bertz CT molecular complexity index is 1210. The van der Waals surface area contributed by atoms with Crippen LogP contribution in [-0.2, 0) is 13.6 Å². The van der Waals surface area contributed by atoms with Crippen LogP contribution in [0.5, 0.6) is 0 Å². The Hall–Kier alpha value is -3.71. The highest BCUT2D eigenvalue weighted by atomic mass is 19.1. The molecule has 0 radical (unpaired) electrons. The van der Waals surface area contributed by atoms with Crippen LogP contribution in [0.1, 0.15) is 16.1 Å². The molecule has 0 aliphatic rings. The quantitative estimate of drug-likeness (QED) is 0.408. The van der Waals surface area contributed by atoms with Crippen LogP contribution in [0.15, 0.2) is 79.0 Å². The van der Waals surface area contributed by atoms with Gasteiger partial charge in [-0.2, -0.15) is 5.10 Å². The average molecular weight is 446 g/mol. The van der Waals surface area contributed by atoms with Crippen LogP contribution in [0, 0.1) is 5.82 Å². The predicted octanol–water partition coefficient (Wildman–Crippen LogP) is 4.22. The van der Waals surface area contributed by atoms with Crippen LogP contribution in [0.3, 0.4) is 0 Å². The molecule has 0 saturated heterocycles. The Morgan fingerprint density at radius 2 is 1.70 bits per heavy atom. The van der Waals surface area contributed by atoms with E-state index in [1.807, 2.05) is 85.3 Å². The summed E-state index contributed by atoms with van der Waals surface area (Å²) in [4.78, 5) is 17.7. The third kappa shape index (κ3) is 5.21. The van der Waals surface area contributed by atoms with Crippen LogP contribution in [0.4, 0.5) is 4.39 Å². The number of halogens is 1. The van der Waals surface area contributed by atoms with E-state index in [-0.39, 0.29) is 11.7 Å². The summed E-state index contributed by atoms with van der Waals surface area (Å²) in [7, 11) is 5.91. The van der Waals surface area contributed by atoms with Crippen LogP contribution < -0.4 is 0 Å². The first kappa shape index (κ1) is 22.5. The first-order chi connectivity index (χ1) is 15.9. The molecule has 2 aromatic heterocycles. The largest absolute Gasteiger partial charge is 0.349 e. The lowest BCUT2D eigenvalue weighted by atomic mass is 10.2. The van der Waals surface area contributed by atoms with E-state index in [2.05, 4.69) is 4.90 Å². The number of aryl methyl sites for hydroxylation is 1. The molecule has 0 spiro atoms. The second-order valence-corrected chi connectivity index (χ2v) is 8.32. The molecular formula is C26H28FN5O. The van der Waals surface area contributed by atoms with Crippen molar-refractivity contribution in [1.29, 1.82) is 0 Å². The summed E-state index contributed by atoms with van der Waals surface area (Å²) in [6.07, 6.45) is 1.94. The molecule has 2 heterocycles. The van der Waals surface area contributed by atoms with Gasteiger partial charge in [-0.25, -0.2) is 9.07 Å². The molecular weight excluding hydrogens is 417 g/mol. The maximum absolute atomic E-state index is 13.9. The molecule has 1 amide bonds. The van der Waals surface area contributed by atoms with Gasteiger partial charge in [-0.3, -0.25) is 4.79 Å². The van der Waals surface area contributed by atoms with Gasteiger partial charge in [0.25, 0.3) is 5.91 Å². The van der Waals surface area contributed by atoms with E-state index in [1.165, 1.54) is 12.1 Å². The molecule has 0 saturated carbocycles. The maximum atomic E-state index is 13.9. The smallest absolute Gasteiger partial charge is 0.272 e. The van der Waals surface area contributed by atoms with Crippen molar-refractivity contribution in [2.75, 3.05) is 27.2 Å². The molecule has 4 aromatic rings. The van der Waals surface area contributed by atoms with Crippen molar-refractivity contribution in [1.82, 2.24) is 24.1 Å². The number of aromatic nitrogens is 3. The number of carbonyl (C=O) groups is 1. The van der Waals surface area contributed by atoms with E-state index >= 15 is 0 Å². The van der Waals surface area contributed by atoms with Crippen LogP contribution >= 0.6 is 0 Å². The van der Waals surface area contributed by atoms with Gasteiger partial charge in [-0.15, -0.1) is 0 Å². The van der Waals surface area contributed by atoms with Gasteiger partial charge in [0, 0.05) is 32.9 Å². The summed E-state index contributed by atoms with van der Waals surface area (Å²) in [5.41, 5.74) is 3.70. The summed E-state index contributed by atoms with van der Waals surface area (Å²) in [6, 6.07) is 21.7. The van der Waals surface area contributed by atoms with Gasteiger partial charge in [0.05, 0.1) is 11.4 Å². The van der Waals surface area contributed by atoms with E-state index in [1.54, 1.807) is 16.8 Å². The number of nitrogens with zero attached hydrogens (tertiary/aromatic N) is 5. The molecule has 7 heteroatoms. The van der Waals surface area contributed by atoms with Crippen LogP contribution in [0.25, 0.3) is 17.1 Å². The number of rotatable bonds is 8. The zero-order chi connectivity index (χ0) is 23.4. The van der Waals surface area contributed by atoms with Gasteiger partial charge < -0.3 is 14.4 Å². The number of carbonyl (C=O) groups excluding carboxylic acids is 1. The van der Waals surface area contributed by atoms with E-state index in [4.69, 9.17) is 5.10 Å². The van der Waals surface area contributed by atoms with Crippen molar-refractivity contribution in [3.8, 4) is 17.1 Å². The highest BCUT2D eigenvalue weighted by Crippen LogP contribution is 2.24. The van der Waals surface area contributed by atoms with Crippen LogP contribution in [-0.4, -0.2) is 57.2 Å². The molecule has 0 fully saturated rings. The molecule has 33 heavy (non-hydrogen) atoms. The second-order valence-electron chi connectivity index (χ2n) is 8.32. The minimum absolute atomic E-state index is 0.127. The van der Waals surface area contributed by atoms with Gasteiger partial charge >= 0.3 is 0 Å². The van der Waals surface area contributed by atoms with Crippen LogP contribution in [0.2, 0.25) is 0 Å². The van der Waals surface area contributed by atoms with Crippen molar-refractivity contribution in [2.45, 2.75) is 6.54 Å². The fraction of sp³-hybridized carbons (Fsp3) is 0.231. The van der Waals surface area contributed by atoms with Crippen molar-refractivity contribution in [3.05, 3.63) is 96.1 Å². The zero-order valence-corrected chi connectivity index (χ0v) is 19.1. The summed E-state index contributed by atoms with van der Waals surface area (Å²) in [5.74, 6) is -0.462. The summed E-state index contributed by atoms with van der Waals surface area (Å²) < 4.78 is 17.1. The molecule has 0 aliphatic heterocycles. The van der Waals surface area contributed by atoms with Gasteiger partial charge in [0.2, 0.25) is 0 Å². The van der Waals surface area contributed by atoms with Crippen molar-refractivity contribution >= 4 is 5.91 Å². The number of hydrogen-bond donors (Lipinski definition) is 0. The molecule has 0 N–H and O–H groups in total. The SMILES string of the molecule is CN(C)CCN(Cc1ccccc1)C(=O)c1cc(-c2cccn2C)nn1-c1ccc(F)cc1. The standard InChI is InChI=1S/C26H28FN5O/c1-29(2)16-17-31(19-20-8-5-4-6-9-20)26(33)25-18-23(24-10-7-15-30(24)3)28-32(25)22-13-11-21(27)12-14-22/h4-15,18H,16-17,19H2,1-3H3. The summed E-state index contributed by atoms with van der Waals surface area (Å²) in [5, 5.41) is 4.73. The monoisotopic (exact) mass is 445 g/mol. The Morgan fingerprint density at radius 1 is 0.970 bits per heavy atom. The Balaban J connectivity index is 1.76.